The maximum atomic E-state index is 12.4. The number of halogens is 4. The number of nitrogens with one attached hydrogen (secondary N) is 1. The van der Waals surface area contributed by atoms with E-state index >= 15 is 0 Å². The van der Waals surface area contributed by atoms with Crippen LogP contribution in [-0.4, -0.2) is 14.8 Å². The first-order valence-corrected chi connectivity index (χ1v) is 5.22. The van der Waals surface area contributed by atoms with Crippen molar-refractivity contribution < 1.29 is 13.2 Å². The Hall–Kier alpha value is -1.76. The van der Waals surface area contributed by atoms with E-state index in [1.54, 1.807) is 17.9 Å². The van der Waals surface area contributed by atoms with Crippen LogP contribution in [0.3, 0.4) is 0 Å². The lowest BCUT2D eigenvalue weighted by atomic mass is 10.3. The molecular formula is C10H8ClF3N4. The van der Waals surface area contributed by atoms with Crippen LogP contribution in [-0.2, 0) is 13.2 Å². The van der Waals surface area contributed by atoms with E-state index in [9.17, 15) is 13.2 Å². The second kappa shape index (κ2) is 4.49. The number of aryl methyl sites for hydroxylation is 1. The molecule has 0 fully saturated rings. The van der Waals surface area contributed by atoms with Gasteiger partial charge < -0.3 is 5.32 Å². The highest BCUT2D eigenvalue weighted by Gasteiger charge is 2.31. The van der Waals surface area contributed by atoms with Crippen molar-refractivity contribution in [2.24, 2.45) is 7.05 Å². The van der Waals surface area contributed by atoms with Crippen molar-refractivity contribution in [1.29, 1.82) is 0 Å². The standard InChI is InChI=1S/C10H8ClF3N4/c1-18-5-7(4-16-18)17-9-8(11)2-6(3-15-9)10(12,13)14/h2-5H,1H3,(H,15,17). The molecule has 0 bridgehead atoms. The topological polar surface area (TPSA) is 42.7 Å². The molecule has 96 valence electrons. The summed E-state index contributed by atoms with van der Waals surface area (Å²) in [6, 6.07) is 0.827. The Morgan fingerprint density at radius 3 is 2.56 bits per heavy atom. The number of anilines is 2. The third-order valence-electron chi connectivity index (χ3n) is 2.14. The van der Waals surface area contributed by atoms with Crippen LogP contribution in [0, 0.1) is 0 Å². The molecule has 0 unspecified atom stereocenters. The SMILES string of the molecule is Cn1cc(Nc2ncc(C(F)(F)F)cc2Cl)cn1. The minimum Gasteiger partial charge on any atom is -0.336 e. The number of alkyl halides is 3. The molecular weight excluding hydrogens is 269 g/mol. The van der Waals surface area contributed by atoms with Gasteiger partial charge in [-0.1, -0.05) is 11.6 Å². The van der Waals surface area contributed by atoms with E-state index in [1.165, 1.54) is 6.20 Å². The molecule has 0 aliphatic heterocycles. The molecule has 0 radical (unpaired) electrons. The summed E-state index contributed by atoms with van der Waals surface area (Å²) < 4.78 is 38.7. The smallest absolute Gasteiger partial charge is 0.336 e. The van der Waals surface area contributed by atoms with E-state index in [0.717, 1.165) is 12.3 Å². The number of rotatable bonds is 2. The predicted molar refractivity (Wildman–Crippen MR) is 60.7 cm³/mol. The van der Waals surface area contributed by atoms with Crippen molar-refractivity contribution in [1.82, 2.24) is 14.8 Å². The third kappa shape index (κ3) is 2.73. The van der Waals surface area contributed by atoms with Crippen LogP contribution in [0.2, 0.25) is 5.02 Å². The first kappa shape index (κ1) is 12.7. The van der Waals surface area contributed by atoms with Crippen LogP contribution in [0.1, 0.15) is 5.56 Å². The van der Waals surface area contributed by atoms with E-state index in [-0.39, 0.29) is 10.8 Å². The molecule has 2 aromatic heterocycles. The Morgan fingerprint density at radius 1 is 1.33 bits per heavy atom. The molecule has 0 saturated heterocycles. The van der Waals surface area contributed by atoms with Crippen LogP contribution in [0.4, 0.5) is 24.7 Å². The van der Waals surface area contributed by atoms with Crippen LogP contribution in [0.5, 0.6) is 0 Å². The summed E-state index contributed by atoms with van der Waals surface area (Å²) in [6.45, 7) is 0. The summed E-state index contributed by atoms with van der Waals surface area (Å²) in [6.07, 6.45) is -0.570. The Balaban J connectivity index is 2.25. The Morgan fingerprint density at radius 2 is 2.06 bits per heavy atom. The van der Waals surface area contributed by atoms with Crippen molar-refractivity contribution in [2.75, 3.05) is 5.32 Å². The number of hydrogen-bond donors (Lipinski definition) is 1. The largest absolute Gasteiger partial charge is 0.417 e. The van der Waals surface area contributed by atoms with Gasteiger partial charge >= 0.3 is 6.18 Å². The normalized spacial score (nSPS) is 11.6. The lowest BCUT2D eigenvalue weighted by Gasteiger charge is -2.09. The van der Waals surface area contributed by atoms with Gasteiger partial charge in [0.25, 0.3) is 0 Å². The van der Waals surface area contributed by atoms with Gasteiger partial charge in [-0.15, -0.1) is 0 Å². The highest BCUT2D eigenvalue weighted by atomic mass is 35.5. The molecule has 0 amide bonds. The average Bonchev–Trinajstić information content (AvgIpc) is 2.65. The van der Waals surface area contributed by atoms with E-state index in [1.807, 2.05) is 0 Å². The fourth-order valence-corrected chi connectivity index (χ4v) is 1.52. The minimum absolute atomic E-state index is 0.103. The number of nitrogens with zero attached hydrogens (tertiary/aromatic N) is 3. The highest BCUT2D eigenvalue weighted by molar-refractivity contribution is 6.33. The fraction of sp³-hybridized carbons (Fsp3) is 0.200. The van der Waals surface area contributed by atoms with Gasteiger partial charge in [-0.3, -0.25) is 4.68 Å². The van der Waals surface area contributed by atoms with Gasteiger partial charge in [-0.05, 0) is 6.07 Å². The van der Waals surface area contributed by atoms with Crippen LogP contribution in [0.15, 0.2) is 24.7 Å². The summed E-state index contributed by atoms with van der Waals surface area (Å²) in [5.41, 5.74) is -0.295. The van der Waals surface area contributed by atoms with Crippen molar-refractivity contribution in [3.8, 4) is 0 Å². The first-order chi connectivity index (χ1) is 8.36. The number of hydrogen-bond acceptors (Lipinski definition) is 3. The van der Waals surface area contributed by atoms with Gasteiger partial charge in [0.15, 0.2) is 0 Å². The zero-order valence-electron chi connectivity index (χ0n) is 9.16. The lowest BCUT2D eigenvalue weighted by molar-refractivity contribution is -0.137. The molecule has 2 heterocycles. The molecule has 0 aliphatic rings. The molecule has 1 N–H and O–H groups in total. The summed E-state index contributed by atoms with van der Waals surface area (Å²) in [5, 5.41) is 6.58. The molecule has 0 spiro atoms. The molecule has 0 aromatic carbocycles. The second-order valence-corrected chi connectivity index (χ2v) is 3.99. The van der Waals surface area contributed by atoms with Gasteiger partial charge in [-0.25, -0.2) is 4.98 Å². The Bertz CT molecular complexity index is 564. The van der Waals surface area contributed by atoms with Crippen LogP contribution >= 0.6 is 11.6 Å². The Labute approximate surface area is 105 Å². The van der Waals surface area contributed by atoms with Crippen molar-refractivity contribution >= 4 is 23.1 Å². The van der Waals surface area contributed by atoms with Gasteiger partial charge in [-0.2, -0.15) is 18.3 Å². The maximum absolute atomic E-state index is 12.4. The third-order valence-corrected chi connectivity index (χ3v) is 2.42. The first-order valence-electron chi connectivity index (χ1n) is 4.84. The van der Waals surface area contributed by atoms with Gasteiger partial charge in [0.05, 0.1) is 22.5 Å². The zero-order chi connectivity index (χ0) is 13.3. The predicted octanol–water partition coefficient (Wildman–Crippen LogP) is 3.23. The second-order valence-electron chi connectivity index (χ2n) is 3.58. The van der Waals surface area contributed by atoms with Gasteiger partial charge in [0.1, 0.15) is 5.82 Å². The molecule has 4 nitrogen and oxygen atoms in total. The molecule has 18 heavy (non-hydrogen) atoms. The van der Waals surface area contributed by atoms with Gasteiger partial charge in [0, 0.05) is 19.4 Å². The maximum Gasteiger partial charge on any atom is 0.417 e. The molecule has 2 aromatic rings. The quantitative estimate of drug-likeness (QED) is 0.916. The number of pyridine rings is 1. The van der Waals surface area contributed by atoms with Crippen molar-refractivity contribution in [2.45, 2.75) is 6.18 Å². The average molecular weight is 277 g/mol. The van der Waals surface area contributed by atoms with E-state index in [4.69, 9.17) is 11.6 Å². The van der Waals surface area contributed by atoms with Gasteiger partial charge in [0.2, 0.25) is 0 Å². The minimum atomic E-state index is -4.45. The summed E-state index contributed by atoms with van der Waals surface area (Å²) in [4.78, 5) is 3.65. The van der Waals surface area contributed by atoms with E-state index in [0.29, 0.717) is 5.69 Å². The molecule has 0 aliphatic carbocycles. The molecule has 0 atom stereocenters. The van der Waals surface area contributed by atoms with Crippen LogP contribution < -0.4 is 5.32 Å². The molecule has 8 heteroatoms. The summed E-state index contributed by atoms with van der Waals surface area (Å²) in [5.74, 6) is 0.151. The summed E-state index contributed by atoms with van der Waals surface area (Å²) >= 11 is 5.74. The zero-order valence-corrected chi connectivity index (χ0v) is 9.92. The monoisotopic (exact) mass is 276 g/mol. The van der Waals surface area contributed by atoms with Crippen molar-refractivity contribution in [3.05, 3.63) is 35.2 Å². The van der Waals surface area contributed by atoms with E-state index < -0.39 is 11.7 Å². The summed E-state index contributed by atoms with van der Waals surface area (Å²) in [7, 11) is 1.72. The van der Waals surface area contributed by atoms with Crippen LogP contribution in [0.25, 0.3) is 0 Å². The highest BCUT2D eigenvalue weighted by Crippen LogP contribution is 2.33. The number of aromatic nitrogens is 3. The molecule has 0 saturated carbocycles. The van der Waals surface area contributed by atoms with E-state index in [2.05, 4.69) is 15.4 Å². The van der Waals surface area contributed by atoms with Crippen molar-refractivity contribution in [3.63, 3.8) is 0 Å². The Kier molecular flexibility index (Phi) is 3.16. The lowest BCUT2D eigenvalue weighted by Crippen LogP contribution is -2.06. The fourth-order valence-electron chi connectivity index (χ4n) is 1.31. The molecule has 2 rings (SSSR count).